The fourth-order valence-corrected chi connectivity index (χ4v) is 2.08. The third-order valence-corrected chi connectivity index (χ3v) is 2.92. The van der Waals surface area contributed by atoms with Crippen LogP contribution in [0.15, 0.2) is 18.2 Å². The van der Waals surface area contributed by atoms with E-state index in [9.17, 15) is 4.79 Å². The summed E-state index contributed by atoms with van der Waals surface area (Å²) in [6.45, 7) is 1.42. The van der Waals surface area contributed by atoms with E-state index in [2.05, 4.69) is 22.6 Å². The van der Waals surface area contributed by atoms with Crippen LogP contribution in [0.3, 0.4) is 0 Å². The van der Waals surface area contributed by atoms with Gasteiger partial charge in [0.15, 0.2) is 0 Å². The first-order valence-corrected chi connectivity index (χ1v) is 5.29. The van der Waals surface area contributed by atoms with Gasteiger partial charge in [0, 0.05) is 14.2 Å². The number of carboxylic acid groups (broad SMARTS) is 1. The second-order valence-electron chi connectivity index (χ2n) is 3.13. The minimum atomic E-state index is -1.44. The van der Waals surface area contributed by atoms with E-state index < -0.39 is 11.5 Å². The molecule has 0 radical (unpaired) electrons. The fourth-order valence-electron chi connectivity index (χ4n) is 1.03. The van der Waals surface area contributed by atoms with E-state index in [0.29, 0.717) is 10.6 Å². The van der Waals surface area contributed by atoms with Gasteiger partial charge in [-0.15, -0.1) is 0 Å². The Balaban J connectivity index is 3.26. The third-order valence-electron chi connectivity index (χ3n) is 1.93. The van der Waals surface area contributed by atoms with Crippen LogP contribution >= 0.6 is 34.2 Å². The average Bonchev–Trinajstić information content (AvgIpc) is 2.02. The summed E-state index contributed by atoms with van der Waals surface area (Å²) in [7, 11) is 0. The van der Waals surface area contributed by atoms with Crippen LogP contribution < -0.4 is 5.73 Å². The van der Waals surface area contributed by atoms with Crippen molar-refractivity contribution in [3.8, 4) is 0 Å². The molecule has 76 valence electrons. The molecule has 0 fully saturated rings. The molecule has 1 aromatic carbocycles. The van der Waals surface area contributed by atoms with Crippen molar-refractivity contribution < 1.29 is 9.90 Å². The van der Waals surface area contributed by atoms with Gasteiger partial charge in [-0.25, -0.2) is 4.79 Å². The van der Waals surface area contributed by atoms with Crippen molar-refractivity contribution in [2.24, 2.45) is 5.73 Å². The predicted octanol–water partition coefficient (Wildman–Crippen LogP) is 2.20. The van der Waals surface area contributed by atoms with Crippen molar-refractivity contribution in [1.82, 2.24) is 0 Å². The SMILES string of the molecule is C[C@@](N)(C(=O)O)c1ccc(I)cc1Cl. The van der Waals surface area contributed by atoms with Crippen LogP contribution in [0.2, 0.25) is 5.02 Å². The van der Waals surface area contributed by atoms with Crippen molar-refractivity contribution in [3.05, 3.63) is 32.4 Å². The molecule has 0 saturated carbocycles. The Hall–Kier alpha value is -0.330. The third kappa shape index (κ3) is 2.18. The Labute approximate surface area is 100 Å². The number of aliphatic carboxylic acids is 1. The lowest BCUT2D eigenvalue weighted by molar-refractivity contribution is -0.143. The molecule has 0 amide bonds. The Morgan fingerprint density at radius 1 is 1.64 bits per heavy atom. The van der Waals surface area contributed by atoms with E-state index in [-0.39, 0.29) is 0 Å². The van der Waals surface area contributed by atoms with E-state index in [1.807, 2.05) is 0 Å². The zero-order valence-corrected chi connectivity index (χ0v) is 10.3. The van der Waals surface area contributed by atoms with Crippen molar-refractivity contribution >= 4 is 40.2 Å². The number of hydrogen-bond acceptors (Lipinski definition) is 2. The van der Waals surface area contributed by atoms with Crippen LogP contribution in [-0.2, 0) is 10.3 Å². The minimum Gasteiger partial charge on any atom is -0.480 e. The summed E-state index contributed by atoms with van der Waals surface area (Å²) >= 11 is 8.00. The summed E-state index contributed by atoms with van der Waals surface area (Å²) in [5, 5.41) is 9.28. The molecule has 0 saturated heterocycles. The van der Waals surface area contributed by atoms with Gasteiger partial charge in [-0.3, -0.25) is 0 Å². The largest absolute Gasteiger partial charge is 0.480 e. The van der Waals surface area contributed by atoms with Crippen LogP contribution in [0.1, 0.15) is 12.5 Å². The van der Waals surface area contributed by atoms with E-state index >= 15 is 0 Å². The minimum absolute atomic E-state index is 0.379. The van der Waals surface area contributed by atoms with E-state index in [0.717, 1.165) is 3.57 Å². The smallest absolute Gasteiger partial charge is 0.328 e. The molecule has 14 heavy (non-hydrogen) atoms. The maximum atomic E-state index is 10.9. The molecule has 3 N–H and O–H groups in total. The van der Waals surface area contributed by atoms with Gasteiger partial charge in [-0.1, -0.05) is 17.7 Å². The van der Waals surface area contributed by atoms with Gasteiger partial charge in [0.2, 0.25) is 0 Å². The number of benzene rings is 1. The highest BCUT2D eigenvalue weighted by Gasteiger charge is 2.32. The number of carboxylic acids is 1. The van der Waals surface area contributed by atoms with Gasteiger partial charge in [-0.05, 0) is 41.6 Å². The normalized spacial score (nSPS) is 14.9. The maximum Gasteiger partial charge on any atom is 0.328 e. The number of nitrogens with two attached hydrogens (primary N) is 1. The van der Waals surface area contributed by atoms with Gasteiger partial charge >= 0.3 is 5.97 Å². The first-order chi connectivity index (χ1) is 6.35. The van der Waals surface area contributed by atoms with Gasteiger partial charge in [0.25, 0.3) is 0 Å². The second-order valence-corrected chi connectivity index (χ2v) is 4.78. The van der Waals surface area contributed by atoms with Crippen molar-refractivity contribution in [3.63, 3.8) is 0 Å². The van der Waals surface area contributed by atoms with Gasteiger partial charge in [-0.2, -0.15) is 0 Å². The number of hydrogen-bond donors (Lipinski definition) is 2. The molecule has 0 bridgehead atoms. The number of carbonyl (C=O) groups is 1. The Morgan fingerprint density at radius 3 is 2.64 bits per heavy atom. The molecule has 0 aliphatic rings. The Bertz CT molecular complexity index is 379. The standard InChI is InChI=1S/C9H9ClINO2/c1-9(12,8(13)14)6-3-2-5(11)4-7(6)10/h2-4H,12H2,1H3,(H,13,14)/t9-/m0/s1. The molecular formula is C9H9ClINO2. The van der Waals surface area contributed by atoms with E-state index in [4.69, 9.17) is 22.4 Å². The summed E-state index contributed by atoms with van der Waals surface area (Å²) in [6.07, 6.45) is 0. The number of rotatable bonds is 2. The zero-order valence-electron chi connectivity index (χ0n) is 7.42. The summed E-state index contributed by atoms with van der Waals surface area (Å²) in [5.41, 5.74) is 4.63. The zero-order chi connectivity index (χ0) is 10.9. The molecule has 0 spiro atoms. The lowest BCUT2D eigenvalue weighted by Crippen LogP contribution is -2.41. The molecule has 0 aliphatic heterocycles. The molecular weight excluding hydrogens is 316 g/mol. The molecule has 0 unspecified atom stereocenters. The summed E-state index contributed by atoms with van der Waals surface area (Å²) < 4.78 is 0.942. The molecule has 5 heteroatoms. The van der Waals surface area contributed by atoms with Crippen LogP contribution in [0.4, 0.5) is 0 Å². The predicted molar refractivity (Wildman–Crippen MR) is 63.3 cm³/mol. The van der Waals surface area contributed by atoms with E-state index in [1.165, 1.54) is 6.92 Å². The highest BCUT2D eigenvalue weighted by Crippen LogP contribution is 2.27. The summed E-state index contributed by atoms with van der Waals surface area (Å²) in [6, 6.07) is 5.10. The van der Waals surface area contributed by atoms with Crippen molar-refractivity contribution in [1.29, 1.82) is 0 Å². The first kappa shape index (κ1) is 11.7. The summed E-state index contributed by atoms with van der Waals surface area (Å²) in [4.78, 5) is 10.9. The maximum absolute atomic E-state index is 10.9. The summed E-state index contributed by atoms with van der Waals surface area (Å²) in [5.74, 6) is -1.10. The molecule has 0 heterocycles. The molecule has 3 nitrogen and oxygen atoms in total. The average molecular weight is 326 g/mol. The lowest BCUT2D eigenvalue weighted by atomic mass is 9.93. The quantitative estimate of drug-likeness (QED) is 0.820. The Morgan fingerprint density at radius 2 is 2.21 bits per heavy atom. The molecule has 1 rings (SSSR count). The van der Waals surface area contributed by atoms with Crippen molar-refractivity contribution in [2.45, 2.75) is 12.5 Å². The highest BCUT2D eigenvalue weighted by atomic mass is 127. The van der Waals surface area contributed by atoms with Crippen LogP contribution in [-0.4, -0.2) is 11.1 Å². The van der Waals surface area contributed by atoms with Crippen molar-refractivity contribution in [2.75, 3.05) is 0 Å². The second kappa shape index (κ2) is 4.04. The molecule has 0 aliphatic carbocycles. The molecule has 0 aromatic heterocycles. The fraction of sp³-hybridized carbons (Fsp3) is 0.222. The van der Waals surface area contributed by atoms with Crippen LogP contribution in [0.25, 0.3) is 0 Å². The monoisotopic (exact) mass is 325 g/mol. The van der Waals surface area contributed by atoms with E-state index in [1.54, 1.807) is 18.2 Å². The van der Waals surface area contributed by atoms with Crippen LogP contribution in [0.5, 0.6) is 0 Å². The first-order valence-electron chi connectivity index (χ1n) is 3.83. The topological polar surface area (TPSA) is 63.3 Å². The van der Waals surface area contributed by atoms with Gasteiger partial charge in [0.1, 0.15) is 5.54 Å². The van der Waals surface area contributed by atoms with Gasteiger partial charge < -0.3 is 10.8 Å². The van der Waals surface area contributed by atoms with Crippen LogP contribution in [0, 0.1) is 3.57 Å². The lowest BCUT2D eigenvalue weighted by Gasteiger charge is -2.20. The van der Waals surface area contributed by atoms with Gasteiger partial charge in [0.05, 0.1) is 0 Å². The molecule has 1 atom stereocenters. The highest BCUT2D eigenvalue weighted by molar-refractivity contribution is 14.1. The molecule has 1 aromatic rings. The Kier molecular flexibility index (Phi) is 3.39. The number of halogens is 2.